The van der Waals surface area contributed by atoms with Gasteiger partial charge >= 0.3 is 0 Å². The topological polar surface area (TPSA) is 48.5 Å². The van der Waals surface area contributed by atoms with Gasteiger partial charge in [-0.3, -0.25) is 0 Å². The highest BCUT2D eigenvalue weighted by Crippen LogP contribution is 2.40. The summed E-state index contributed by atoms with van der Waals surface area (Å²) in [6, 6.07) is 88.5. The van der Waals surface area contributed by atoms with Gasteiger partial charge in [-0.1, -0.05) is 176 Å². The number of rotatable bonds is 8. The number of aromatic nitrogens is 5. The zero-order chi connectivity index (χ0) is 45.0. The Labute approximate surface area is 393 Å². The Bertz CT molecular complexity index is 3870. The van der Waals surface area contributed by atoms with Crippen molar-refractivity contribution >= 4 is 43.6 Å². The van der Waals surface area contributed by atoms with E-state index in [0.717, 1.165) is 50.2 Å². The lowest BCUT2D eigenvalue weighted by Gasteiger charge is -2.14. The molecule has 5 heteroatoms. The minimum atomic E-state index is 0.632. The molecule has 0 unspecified atom stereocenters. The minimum absolute atomic E-state index is 0.632. The van der Waals surface area contributed by atoms with Crippen molar-refractivity contribution in [1.82, 2.24) is 24.1 Å². The highest BCUT2D eigenvalue weighted by atomic mass is 15.0. The van der Waals surface area contributed by atoms with E-state index < -0.39 is 0 Å². The molecule has 68 heavy (non-hydrogen) atoms. The maximum absolute atomic E-state index is 4.99. The Hall–Kier alpha value is -9.19. The number of fused-ring (bicyclic) bond motifs is 6. The van der Waals surface area contributed by atoms with Crippen LogP contribution in [0.25, 0.3) is 123 Å². The summed E-state index contributed by atoms with van der Waals surface area (Å²) in [6.07, 6.45) is 0. The second-order valence-corrected chi connectivity index (χ2v) is 17.3. The zero-order valence-corrected chi connectivity index (χ0v) is 36.9. The van der Waals surface area contributed by atoms with E-state index in [-0.39, 0.29) is 0 Å². The molecule has 0 saturated heterocycles. The second-order valence-electron chi connectivity index (χ2n) is 17.3. The van der Waals surface area contributed by atoms with Crippen LogP contribution >= 0.6 is 0 Å². The van der Waals surface area contributed by atoms with Crippen LogP contribution < -0.4 is 0 Å². The molecule has 0 spiro atoms. The molecule has 0 amide bonds. The molecule has 0 fully saturated rings. The Morgan fingerprint density at radius 3 is 1.13 bits per heavy atom. The van der Waals surface area contributed by atoms with Gasteiger partial charge in [-0.2, -0.15) is 0 Å². The summed E-state index contributed by atoms with van der Waals surface area (Å²) >= 11 is 0. The maximum Gasteiger partial charge on any atom is 0.164 e. The molecule has 0 radical (unpaired) electrons. The predicted molar refractivity (Wildman–Crippen MR) is 281 cm³/mol. The van der Waals surface area contributed by atoms with Crippen molar-refractivity contribution in [3.8, 4) is 78.9 Å². The van der Waals surface area contributed by atoms with E-state index in [2.05, 4.69) is 197 Å². The van der Waals surface area contributed by atoms with Crippen molar-refractivity contribution in [2.45, 2.75) is 0 Å². The molecule has 318 valence electrons. The van der Waals surface area contributed by atoms with E-state index in [0.29, 0.717) is 17.5 Å². The lowest BCUT2D eigenvalue weighted by atomic mass is 9.98. The van der Waals surface area contributed by atoms with Gasteiger partial charge in [-0.25, -0.2) is 15.0 Å². The largest absolute Gasteiger partial charge is 0.309 e. The van der Waals surface area contributed by atoms with Crippen LogP contribution in [0.2, 0.25) is 0 Å². The van der Waals surface area contributed by atoms with E-state index in [9.17, 15) is 0 Å². The molecular formula is C63H41N5. The lowest BCUT2D eigenvalue weighted by molar-refractivity contribution is 1.07. The van der Waals surface area contributed by atoms with Gasteiger partial charge in [0.15, 0.2) is 17.5 Å². The summed E-state index contributed by atoms with van der Waals surface area (Å²) in [5.74, 6) is 1.92. The summed E-state index contributed by atoms with van der Waals surface area (Å²) in [4.78, 5) is 14.9. The molecule has 3 aromatic heterocycles. The van der Waals surface area contributed by atoms with Crippen LogP contribution in [0.3, 0.4) is 0 Å². The predicted octanol–water partition coefficient (Wildman–Crippen LogP) is 16.1. The van der Waals surface area contributed by atoms with Crippen molar-refractivity contribution in [3.05, 3.63) is 249 Å². The highest BCUT2D eigenvalue weighted by molar-refractivity contribution is 6.12. The van der Waals surface area contributed by atoms with E-state index >= 15 is 0 Å². The van der Waals surface area contributed by atoms with Gasteiger partial charge in [0.25, 0.3) is 0 Å². The summed E-state index contributed by atoms with van der Waals surface area (Å²) in [5.41, 5.74) is 16.7. The Balaban J connectivity index is 0.923. The number of para-hydroxylation sites is 2. The molecule has 10 aromatic carbocycles. The second kappa shape index (κ2) is 16.4. The van der Waals surface area contributed by atoms with Gasteiger partial charge in [0.1, 0.15) is 0 Å². The van der Waals surface area contributed by atoms with Crippen LogP contribution in [-0.2, 0) is 0 Å². The Morgan fingerprint density at radius 2 is 0.588 bits per heavy atom. The fourth-order valence-corrected chi connectivity index (χ4v) is 9.89. The third kappa shape index (κ3) is 6.84. The van der Waals surface area contributed by atoms with Gasteiger partial charge < -0.3 is 9.13 Å². The number of benzene rings is 10. The van der Waals surface area contributed by atoms with Crippen molar-refractivity contribution in [2.24, 2.45) is 0 Å². The maximum atomic E-state index is 4.99. The van der Waals surface area contributed by atoms with Crippen molar-refractivity contribution in [1.29, 1.82) is 0 Å². The molecule has 0 aliphatic carbocycles. The van der Waals surface area contributed by atoms with Crippen molar-refractivity contribution in [2.75, 3.05) is 0 Å². The van der Waals surface area contributed by atoms with Gasteiger partial charge in [0, 0.05) is 49.6 Å². The first-order chi connectivity index (χ1) is 33.7. The Morgan fingerprint density at radius 1 is 0.206 bits per heavy atom. The summed E-state index contributed by atoms with van der Waals surface area (Å²) in [5, 5.41) is 4.85. The molecule has 0 saturated carbocycles. The van der Waals surface area contributed by atoms with Crippen LogP contribution in [0.1, 0.15) is 0 Å². The van der Waals surface area contributed by atoms with Gasteiger partial charge in [0.2, 0.25) is 0 Å². The quantitative estimate of drug-likeness (QED) is 0.153. The summed E-state index contributed by atoms with van der Waals surface area (Å²) in [6.45, 7) is 0. The molecule has 5 nitrogen and oxygen atoms in total. The van der Waals surface area contributed by atoms with Crippen LogP contribution in [0, 0.1) is 0 Å². The number of hydrogen-bond acceptors (Lipinski definition) is 3. The van der Waals surface area contributed by atoms with E-state index in [1.54, 1.807) is 0 Å². The highest BCUT2D eigenvalue weighted by Gasteiger charge is 2.19. The monoisotopic (exact) mass is 867 g/mol. The third-order valence-electron chi connectivity index (χ3n) is 13.2. The molecule has 0 aliphatic rings. The zero-order valence-electron chi connectivity index (χ0n) is 36.9. The fraction of sp³-hybridized carbons (Fsp3) is 0. The van der Waals surface area contributed by atoms with Crippen molar-refractivity contribution < 1.29 is 0 Å². The van der Waals surface area contributed by atoms with E-state index in [4.69, 9.17) is 15.0 Å². The van der Waals surface area contributed by atoms with E-state index in [1.165, 1.54) is 54.8 Å². The SMILES string of the molecule is c1ccc(-c2cc(-c3ccccc3)cc(-n3c4ccccc4c4ccc(-c5ccc6c(c5)c5ccccc5n6-c5ccc(-c6nc(-c7ccccc7)nc(-c7ccccc7)n6)cc5)cc43)c2)cc1. The van der Waals surface area contributed by atoms with Gasteiger partial charge in [-0.05, 0) is 106 Å². The summed E-state index contributed by atoms with van der Waals surface area (Å²) < 4.78 is 4.81. The van der Waals surface area contributed by atoms with Crippen LogP contribution in [0.5, 0.6) is 0 Å². The molecule has 13 rings (SSSR count). The number of hydrogen-bond donors (Lipinski definition) is 0. The molecule has 0 aliphatic heterocycles. The molecule has 0 bridgehead atoms. The molecule has 13 aromatic rings. The van der Waals surface area contributed by atoms with Gasteiger partial charge in [0.05, 0.1) is 22.1 Å². The average Bonchev–Trinajstić information content (AvgIpc) is 3.94. The first-order valence-corrected chi connectivity index (χ1v) is 23.0. The standard InChI is InChI=1S/C63H41N5/c1-5-17-42(18-6-1)49-37-50(43-19-7-2-8-20-43)39-52(38-49)68-57-27-15-13-25-53(57)55-35-31-48(41-60(55)68)47-32-36-59-56(40-47)54-26-14-16-28-58(54)67(59)51-33-29-46(30-34-51)63-65-61(44-21-9-3-10-22-44)64-62(66-63)45-23-11-4-12-24-45/h1-41H. The minimum Gasteiger partial charge on any atom is -0.309 e. The van der Waals surface area contributed by atoms with Gasteiger partial charge in [-0.15, -0.1) is 0 Å². The Kier molecular flexibility index (Phi) is 9.43. The summed E-state index contributed by atoms with van der Waals surface area (Å²) in [7, 11) is 0. The smallest absolute Gasteiger partial charge is 0.164 e. The van der Waals surface area contributed by atoms with Crippen molar-refractivity contribution in [3.63, 3.8) is 0 Å². The van der Waals surface area contributed by atoms with Crippen LogP contribution in [0.4, 0.5) is 0 Å². The average molecular weight is 868 g/mol. The molecular weight excluding hydrogens is 827 g/mol. The van der Waals surface area contributed by atoms with E-state index in [1.807, 2.05) is 60.7 Å². The van der Waals surface area contributed by atoms with Crippen LogP contribution in [-0.4, -0.2) is 24.1 Å². The molecule has 3 heterocycles. The first kappa shape index (κ1) is 39.2. The fourth-order valence-electron chi connectivity index (χ4n) is 9.89. The van der Waals surface area contributed by atoms with Crippen LogP contribution in [0.15, 0.2) is 249 Å². The molecule has 0 N–H and O–H groups in total. The third-order valence-corrected chi connectivity index (χ3v) is 13.2. The number of nitrogens with zero attached hydrogens (tertiary/aromatic N) is 5. The molecule has 0 atom stereocenters. The first-order valence-electron chi connectivity index (χ1n) is 23.0. The normalized spacial score (nSPS) is 11.5. The lowest BCUT2D eigenvalue weighted by Crippen LogP contribution is -2.00.